The van der Waals surface area contributed by atoms with Crippen LogP contribution in [0.4, 0.5) is 10.1 Å². The van der Waals surface area contributed by atoms with Crippen molar-refractivity contribution in [3.05, 3.63) is 62.5 Å². The highest BCUT2D eigenvalue weighted by atomic mass is 127. The molecule has 0 N–H and O–H groups in total. The Labute approximate surface area is 130 Å². The minimum atomic E-state index is -0.242. The van der Waals surface area contributed by atoms with Gasteiger partial charge in [0.15, 0.2) is 0 Å². The van der Waals surface area contributed by atoms with Crippen LogP contribution in [0.15, 0.2) is 36.4 Å². The Morgan fingerprint density at radius 3 is 2.80 bits per heavy atom. The lowest BCUT2D eigenvalue weighted by atomic mass is 10.1. The van der Waals surface area contributed by atoms with Crippen molar-refractivity contribution in [1.29, 1.82) is 0 Å². The number of hydrogen-bond acceptors (Lipinski definition) is 1. The molecule has 4 heteroatoms. The van der Waals surface area contributed by atoms with E-state index in [1.54, 1.807) is 11.0 Å². The van der Waals surface area contributed by atoms with Gasteiger partial charge >= 0.3 is 0 Å². The zero-order chi connectivity index (χ0) is 14.3. The summed E-state index contributed by atoms with van der Waals surface area (Å²) in [6, 6.07) is 10.7. The highest BCUT2D eigenvalue weighted by Gasteiger charge is 2.27. The molecule has 1 amide bonds. The van der Waals surface area contributed by atoms with E-state index in [-0.39, 0.29) is 11.7 Å². The molecule has 102 valence electrons. The Balaban J connectivity index is 1.94. The highest BCUT2D eigenvalue weighted by Crippen LogP contribution is 2.31. The van der Waals surface area contributed by atoms with Gasteiger partial charge in [-0.3, -0.25) is 4.79 Å². The standard InChI is InChI=1S/C16H13FINO/c1-10-6-13(17)3-2-11(10)9-19-15-5-4-14(18)7-12(15)8-16(19)20/h2-7H,8-9H2,1H3. The maximum absolute atomic E-state index is 13.1. The Morgan fingerprint density at radius 2 is 2.05 bits per heavy atom. The van der Waals surface area contributed by atoms with Crippen molar-refractivity contribution in [2.45, 2.75) is 19.9 Å². The van der Waals surface area contributed by atoms with Crippen molar-refractivity contribution < 1.29 is 9.18 Å². The molecule has 0 unspecified atom stereocenters. The molecule has 0 aromatic heterocycles. The van der Waals surface area contributed by atoms with Gasteiger partial charge in [0.1, 0.15) is 5.82 Å². The number of fused-ring (bicyclic) bond motifs is 1. The SMILES string of the molecule is Cc1cc(F)ccc1CN1C(=O)Cc2cc(I)ccc21. The fraction of sp³-hybridized carbons (Fsp3) is 0.188. The van der Waals surface area contributed by atoms with Gasteiger partial charge in [0.05, 0.1) is 13.0 Å². The summed E-state index contributed by atoms with van der Waals surface area (Å²) in [7, 11) is 0. The average molecular weight is 381 g/mol. The summed E-state index contributed by atoms with van der Waals surface area (Å²) < 4.78 is 14.3. The number of benzene rings is 2. The monoisotopic (exact) mass is 381 g/mol. The Hall–Kier alpha value is -1.43. The van der Waals surface area contributed by atoms with E-state index in [0.29, 0.717) is 13.0 Å². The molecule has 1 heterocycles. The third-order valence-electron chi connectivity index (χ3n) is 3.61. The lowest BCUT2D eigenvalue weighted by Crippen LogP contribution is -2.26. The van der Waals surface area contributed by atoms with Crippen LogP contribution in [0.25, 0.3) is 0 Å². The number of hydrogen-bond donors (Lipinski definition) is 0. The van der Waals surface area contributed by atoms with Crippen molar-refractivity contribution in [2.75, 3.05) is 4.90 Å². The molecule has 0 radical (unpaired) electrons. The molecular formula is C16H13FINO. The van der Waals surface area contributed by atoms with Gasteiger partial charge in [-0.15, -0.1) is 0 Å². The molecule has 0 atom stereocenters. The van der Waals surface area contributed by atoms with Crippen LogP contribution in [0.5, 0.6) is 0 Å². The predicted molar refractivity (Wildman–Crippen MR) is 85.2 cm³/mol. The molecule has 0 bridgehead atoms. The molecule has 0 saturated heterocycles. The number of halogens is 2. The van der Waals surface area contributed by atoms with Crippen LogP contribution in [0.2, 0.25) is 0 Å². The van der Waals surface area contributed by atoms with Crippen LogP contribution in [-0.2, 0) is 17.8 Å². The quantitative estimate of drug-likeness (QED) is 0.725. The first kappa shape index (κ1) is 13.5. The minimum Gasteiger partial charge on any atom is -0.307 e. The van der Waals surface area contributed by atoms with Gasteiger partial charge in [0.2, 0.25) is 5.91 Å². The van der Waals surface area contributed by atoms with E-state index >= 15 is 0 Å². The first-order valence-electron chi connectivity index (χ1n) is 6.38. The summed E-state index contributed by atoms with van der Waals surface area (Å²) >= 11 is 2.25. The van der Waals surface area contributed by atoms with Gasteiger partial charge < -0.3 is 4.90 Å². The number of carbonyl (C=O) groups excluding carboxylic acids is 1. The molecule has 1 aliphatic rings. The first-order chi connectivity index (χ1) is 9.54. The molecule has 0 fully saturated rings. The van der Waals surface area contributed by atoms with Gasteiger partial charge in [-0.05, 0) is 76.5 Å². The van der Waals surface area contributed by atoms with Crippen LogP contribution < -0.4 is 4.90 Å². The van der Waals surface area contributed by atoms with E-state index in [1.807, 2.05) is 25.1 Å². The largest absolute Gasteiger partial charge is 0.307 e. The smallest absolute Gasteiger partial charge is 0.231 e. The van der Waals surface area contributed by atoms with E-state index in [9.17, 15) is 9.18 Å². The Morgan fingerprint density at radius 1 is 1.25 bits per heavy atom. The number of amides is 1. The molecule has 2 nitrogen and oxygen atoms in total. The molecule has 0 aliphatic carbocycles. The minimum absolute atomic E-state index is 0.103. The maximum atomic E-state index is 13.1. The number of aryl methyl sites for hydroxylation is 1. The van der Waals surface area contributed by atoms with E-state index in [4.69, 9.17) is 0 Å². The van der Waals surface area contributed by atoms with Crippen LogP contribution in [0.1, 0.15) is 16.7 Å². The van der Waals surface area contributed by atoms with E-state index in [0.717, 1.165) is 25.9 Å². The molecule has 0 spiro atoms. The van der Waals surface area contributed by atoms with Gasteiger partial charge in [-0.25, -0.2) is 4.39 Å². The van der Waals surface area contributed by atoms with E-state index in [2.05, 4.69) is 22.6 Å². The van der Waals surface area contributed by atoms with Crippen molar-refractivity contribution in [3.8, 4) is 0 Å². The molecule has 2 aromatic rings. The number of rotatable bonds is 2. The zero-order valence-corrected chi connectivity index (χ0v) is 13.1. The van der Waals surface area contributed by atoms with Crippen LogP contribution in [-0.4, -0.2) is 5.91 Å². The molecule has 0 saturated carbocycles. The highest BCUT2D eigenvalue weighted by molar-refractivity contribution is 14.1. The van der Waals surface area contributed by atoms with E-state index < -0.39 is 0 Å². The fourth-order valence-electron chi connectivity index (χ4n) is 2.53. The number of anilines is 1. The van der Waals surface area contributed by atoms with Crippen molar-refractivity contribution >= 4 is 34.2 Å². The molecule has 20 heavy (non-hydrogen) atoms. The summed E-state index contributed by atoms with van der Waals surface area (Å²) in [5, 5.41) is 0. The molecule has 1 aliphatic heterocycles. The first-order valence-corrected chi connectivity index (χ1v) is 7.46. The van der Waals surface area contributed by atoms with Gasteiger partial charge in [0, 0.05) is 9.26 Å². The summed E-state index contributed by atoms with van der Waals surface area (Å²) in [6.07, 6.45) is 0.451. The van der Waals surface area contributed by atoms with E-state index in [1.165, 1.54) is 12.1 Å². The van der Waals surface area contributed by atoms with Gasteiger partial charge in [-0.2, -0.15) is 0 Å². The summed E-state index contributed by atoms with van der Waals surface area (Å²) in [5.41, 5.74) is 3.89. The van der Waals surface area contributed by atoms with Crippen molar-refractivity contribution in [3.63, 3.8) is 0 Å². The van der Waals surface area contributed by atoms with Gasteiger partial charge in [0.25, 0.3) is 0 Å². The fourth-order valence-corrected chi connectivity index (χ4v) is 3.09. The number of nitrogens with zero attached hydrogens (tertiary/aromatic N) is 1. The third-order valence-corrected chi connectivity index (χ3v) is 4.28. The normalized spacial score (nSPS) is 13.8. The summed E-state index contributed by atoms with van der Waals surface area (Å²) in [6.45, 7) is 2.37. The zero-order valence-electron chi connectivity index (χ0n) is 11.0. The molecular weight excluding hydrogens is 368 g/mol. The van der Waals surface area contributed by atoms with Gasteiger partial charge in [-0.1, -0.05) is 6.07 Å². The Kier molecular flexibility index (Phi) is 3.50. The second kappa shape index (κ2) is 5.16. The van der Waals surface area contributed by atoms with Crippen LogP contribution in [0.3, 0.4) is 0 Å². The summed E-state index contributed by atoms with van der Waals surface area (Å²) in [5.74, 6) is -0.139. The van der Waals surface area contributed by atoms with Crippen molar-refractivity contribution in [2.24, 2.45) is 0 Å². The third kappa shape index (κ3) is 2.44. The van der Waals surface area contributed by atoms with Crippen molar-refractivity contribution in [1.82, 2.24) is 0 Å². The van der Waals surface area contributed by atoms with Crippen LogP contribution in [0, 0.1) is 16.3 Å². The predicted octanol–water partition coefficient (Wildman–Crippen LogP) is 3.83. The maximum Gasteiger partial charge on any atom is 0.231 e. The second-order valence-corrected chi connectivity index (χ2v) is 6.25. The molecule has 3 rings (SSSR count). The Bertz CT molecular complexity index is 699. The second-order valence-electron chi connectivity index (χ2n) is 5.00. The lowest BCUT2D eigenvalue weighted by Gasteiger charge is -2.19. The topological polar surface area (TPSA) is 20.3 Å². The lowest BCUT2D eigenvalue weighted by molar-refractivity contribution is -0.117. The molecule has 2 aromatic carbocycles. The average Bonchev–Trinajstić information content (AvgIpc) is 2.68. The van der Waals surface area contributed by atoms with Crippen LogP contribution >= 0.6 is 22.6 Å². The number of carbonyl (C=O) groups is 1. The summed E-state index contributed by atoms with van der Waals surface area (Å²) in [4.78, 5) is 14.0.